The molecule has 1 N–H and O–H groups in total. The number of piperazine rings is 1. The number of carbonyl (C=O) groups is 1. The summed E-state index contributed by atoms with van der Waals surface area (Å²) in [5, 5.41) is 21.9. The van der Waals surface area contributed by atoms with Crippen molar-refractivity contribution in [2.24, 2.45) is 0 Å². The monoisotopic (exact) mass is 352 g/mol. The molecule has 2 aromatic rings. The summed E-state index contributed by atoms with van der Waals surface area (Å²) in [6.45, 7) is 4.07. The van der Waals surface area contributed by atoms with Crippen molar-refractivity contribution in [3.8, 4) is 5.69 Å². The molecule has 1 aromatic carbocycles. The zero-order valence-corrected chi connectivity index (χ0v) is 13.8. The van der Waals surface area contributed by atoms with Gasteiger partial charge in [0.1, 0.15) is 0 Å². The molecule has 1 saturated heterocycles. The van der Waals surface area contributed by atoms with Gasteiger partial charge in [-0.05, 0) is 13.0 Å². The molecule has 0 aliphatic carbocycles. The number of nitro benzene ring substituents is 1. The molecule has 1 atom stereocenters. The van der Waals surface area contributed by atoms with Gasteiger partial charge in [0.05, 0.1) is 16.8 Å². The average molecular weight is 353 g/mol. The van der Waals surface area contributed by atoms with Gasteiger partial charge in [0.2, 0.25) is 0 Å². The molecule has 2 heterocycles. The highest BCUT2D eigenvalue weighted by Gasteiger charge is 2.26. The molecule has 1 fully saturated rings. The molecule has 0 unspecified atom stereocenters. The zero-order valence-electron chi connectivity index (χ0n) is 13.0. The normalized spacial score (nSPS) is 17.2. The predicted octanol–water partition coefficient (Wildman–Crippen LogP) is 1.03. The smallest absolute Gasteiger partial charge is 0.276 e. The van der Waals surface area contributed by atoms with Crippen LogP contribution in [0.4, 0.5) is 5.69 Å². The van der Waals surface area contributed by atoms with Gasteiger partial charge in [-0.25, -0.2) is 4.68 Å². The number of hydrogen-bond acceptors (Lipinski definition) is 6. The Morgan fingerprint density at radius 1 is 1.46 bits per heavy atom. The van der Waals surface area contributed by atoms with Crippen LogP contribution in [0, 0.1) is 10.1 Å². The van der Waals surface area contributed by atoms with Crippen molar-refractivity contribution in [2.75, 3.05) is 19.6 Å². The molecule has 0 bridgehead atoms. The Labute approximate surface area is 144 Å². The van der Waals surface area contributed by atoms with E-state index < -0.39 is 4.92 Å². The first-order valence-electron chi connectivity index (χ1n) is 7.25. The second-order valence-corrected chi connectivity index (χ2v) is 5.38. The third-order valence-electron chi connectivity index (χ3n) is 3.78. The maximum Gasteiger partial charge on any atom is 0.276 e. The third-order valence-corrected chi connectivity index (χ3v) is 3.78. The molecule has 24 heavy (non-hydrogen) atoms. The third kappa shape index (κ3) is 3.52. The SMILES string of the molecule is C[C@H]1CNCCN1C(=O)c1cn(-c2cccc([N+](=O)[O-])c2)nn1.Cl. The van der Waals surface area contributed by atoms with Gasteiger partial charge in [0, 0.05) is 37.8 Å². The molecule has 0 saturated carbocycles. The number of nitrogens with zero attached hydrogens (tertiary/aromatic N) is 5. The molecule has 1 aromatic heterocycles. The molecule has 1 aliphatic heterocycles. The van der Waals surface area contributed by atoms with Gasteiger partial charge in [-0.1, -0.05) is 11.3 Å². The summed E-state index contributed by atoms with van der Waals surface area (Å²) in [6, 6.07) is 6.10. The van der Waals surface area contributed by atoms with Crippen LogP contribution < -0.4 is 5.32 Å². The molecule has 0 radical (unpaired) electrons. The number of nitrogens with one attached hydrogen (secondary N) is 1. The van der Waals surface area contributed by atoms with Crippen LogP contribution in [0.15, 0.2) is 30.5 Å². The lowest BCUT2D eigenvalue weighted by atomic mass is 10.2. The molecule has 128 valence electrons. The van der Waals surface area contributed by atoms with Crippen LogP contribution in [0.1, 0.15) is 17.4 Å². The van der Waals surface area contributed by atoms with Crippen molar-refractivity contribution in [3.05, 3.63) is 46.3 Å². The molecule has 9 nitrogen and oxygen atoms in total. The quantitative estimate of drug-likeness (QED) is 0.653. The minimum absolute atomic E-state index is 0. The zero-order chi connectivity index (χ0) is 16.4. The first-order chi connectivity index (χ1) is 11.1. The summed E-state index contributed by atoms with van der Waals surface area (Å²) in [6.07, 6.45) is 1.50. The van der Waals surface area contributed by atoms with Crippen LogP contribution in [0.2, 0.25) is 0 Å². The van der Waals surface area contributed by atoms with Crippen molar-refractivity contribution in [2.45, 2.75) is 13.0 Å². The molecule has 10 heteroatoms. The summed E-state index contributed by atoms with van der Waals surface area (Å²) in [7, 11) is 0. The van der Waals surface area contributed by atoms with E-state index in [1.54, 1.807) is 17.0 Å². The van der Waals surface area contributed by atoms with Gasteiger partial charge in [-0.2, -0.15) is 0 Å². The van der Waals surface area contributed by atoms with Crippen molar-refractivity contribution in [1.82, 2.24) is 25.2 Å². The number of halogens is 1. The summed E-state index contributed by atoms with van der Waals surface area (Å²) >= 11 is 0. The van der Waals surface area contributed by atoms with Gasteiger partial charge in [0.15, 0.2) is 5.69 Å². The topological polar surface area (TPSA) is 106 Å². The first-order valence-corrected chi connectivity index (χ1v) is 7.25. The van der Waals surface area contributed by atoms with E-state index in [0.717, 1.165) is 13.1 Å². The molecular formula is C14H17ClN6O3. The number of hydrogen-bond donors (Lipinski definition) is 1. The molecule has 1 amide bonds. The van der Waals surface area contributed by atoms with Gasteiger partial charge in [-0.15, -0.1) is 17.5 Å². The fourth-order valence-electron chi connectivity index (χ4n) is 2.53. The van der Waals surface area contributed by atoms with Gasteiger partial charge < -0.3 is 10.2 Å². The summed E-state index contributed by atoms with van der Waals surface area (Å²) in [4.78, 5) is 24.6. The largest absolute Gasteiger partial charge is 0.332 e. The molecular weight excluding hydrogens is 336 g/mol. The van der Waals surface area contributed by atoms with Crippen LogP contribution in [0.25, 0.3) is 5.69 Å². The number of rotatable bonds is 3. The Balaban J connectivity index is 0.00000208. The number of non-ortho nitro benzene ring substituents is 1. The minimum Gasteiger partial charge on any atom is -0.332 e. The number of benzene rings is 1. The van der Waals surface area contributed by atoms with Crippen LogP contribution in [-0.2, 0) is 0 Å². The van der Waals surface area contributed by atoms with Crippen molar-refractivity contribution < 1.29 is 9.72 Å². The van der Waals surface area contributed by atoms with E-state index in [2.05, 4.69) is 15.6 Å². The Hall–Kier alpha value is -2.52. The molecule has 1 aliphatic rings. The van der Waals surface area contributed by atoms with Crippen LogP contribution >= 0.6 is 12.4 Å². The lowest BCUT2D eigenvalue weighted by Gasteiger charge is -2.33. The number of amides is 1. The number of nitro groups is 1. The fraction of sp³-hybridized carbons (Fsp3) is 0.357. The maximum atomic E-state index is 12.5. The average Bonchev–Trinajstić information content (AvgIpc) is 3.05. The number of aromatic nitrogens is 3. The fourth-order valence-corrected chi connectivity index (χ4v) is 2.53. The van der Waals surface area contributed by atoms with Gasteiger partial charge in [-0.3, -0.25) is 14.9 Å². The highest BCUT2D eigenvalue weighted by molar-refractivity contribution is 5.92. The van der Waals surface area contributed by atoms with Gasteiger partial charge in [0.25, 0.3) is 11.6 Å². The Kier molecular flexibility index (Phi) is 5.47. The second kappa shape index (κ2) is 7.37. The van der Waals surface area contributed by atoms with Crippen LogP contribution in [-0.4, -0.2) is 56.4 Å². The van der Waals surface area contributed by atoms with E-state index in [9.17, 15) is 14.9 Å². The van der Waals surface area contributed by atoms with Gasteiger partial charge >= 0.3 is 0 Å². The predicted molar refractivity (Wildman–Crippen MR) is 88.6 cm³/mol. The highest BCUT2D eigenvalue weighted by atomic mass is 35.5. The number of carbonyl (C=O) groups excluding carboxylic acids is 1. The van der Waals surface area contributed by atoms with Crippen LogP contribution in [0.5, 0.6) is 0 Å². The van der Waals surface area contributed by atoms with E-state index in [1.807, 2.05) is 6.92 Å². The van der Waals surface area contributed by atoms with Crippen molar-refractivity contribution in [3.63, 3.8) is 0 Å². The van der Waals surface area contributed by atoms with Crippen molar-refractivity contribution in [1.29, 1.82) is 0 Å². The molecule has 3 rings (SSSR count). The lowest BCUT2D eigenvalue weighted by molar-refractivity contribution is -0.384. The first kappa shape index (κ1) is 17.8. The summed E-state index contributed by atoms with van der Waals surface area (Å²) in [5.74, 6) is -0.185. The van der Waals surface area contributed by atoms with E-state index in [-0.39, 0.29) is 35.7 Å². The van der Waals surface area contributed by atoms with Crippen LogP contribution in [0.3, 0.4) is 0 Å². The van der Waals surface area contributed by atoms with E-state index in [1.165, 1.54) is 23.0 Å². The van der Waals surface area contributed by atoms with E-state index >= 15 is 0 Å². The van der Waals surface area contributed by atoms with Crippen molar-refractivity contribution >= 4 is 24.0 Å². The molecule has 0 spiro atoms. The summed E-state index contributed by atoms with van der Waals surface area (Å²) in [5.41, 5.74) is 0.672. The Morgan fingerprint density at radius 2 is 2.25 bits per heavy atom. The van der Waals surface area contributed by atoms with E-state index in [4.69, 9.17) is 0 Å². The summed E-state index contributed by atoms with van der Waals surface area (Å²) < 4.78 is 1.37. The maximum absolute atomic E-state index is 12.5. The lowest BCUT2D eigenvalue weighted by Crippen LogP contribution is -2.52. The highest BCUT2D eigenvalue weighted by Crippen LogP contribution is 2.16. The van der Waals surface area contributed by atoms with E-state index in [0.29, 0.717) is 12.2 Å². The Morgan fingerprint density at radius 3 is 2.96 bits per heavy atom. The Bertz CT molecular complexity index is 750. The minimum atomic E-state index is -0.477. The standard InChI is InChI=1S/C14H16N6O3.ClH/c1-10-8-15-5-6-18(10)14(21)13-9-19(17-16-13)11-3-2-4-12(7-11)20(22)23;/h2-4,7,9-10,15H,5-6,8H2,1H3;1H/t10-;/m0./s1. The second-order valence-electron chi connectivity index (χ2n) is 5.38.